The third-order valence-electron chi connectivity index (χ3n) is 4.86. The van der Waals surface area contributed by atoms with Crippen LogP contribution in [0.25, 0.3) is 0 Å². The summed E-state index contributed by atoms with van der Waals surface area (Å²) in [5.41, 5.74) is 3.42. The number of thioether (sulfide) groups is 1. The van der Waals surface area contributed by atoms with E-state index >= 15 is 0 Å². The smallest absolute Gasteiger partial charge is 0.230 e. The molecule has 2 aliphatic rings. The summed E-state index contributed by atoms with van der Waals surface area (Å²) in [6.07, 6.45) is 5.47. The lowest BCUT2D eigenvalue weighted by Crippen LogP contribution is -2.30. The molecule has 1 aromatic carbocycles. The Morgan fingerprint density at radius 2 is 2.22 bits per heavy atom. The van der Waals surface area contributed by atoms with Crippen molar-refractivity contribution in [3.63, 3.8) is 0 Å². The highest BCUT2D eigenvalue weighted by atomic mass is 32.2. The fourth-order valence-electron chi connectivity index (χ4n) is 3.42. The van der Waals surface area contributed by atoms with Gasteiger partial charge in [-0.25, -0.2) is 0 Å². The van der Waals surface area contributed by atoms with Crippen LogP contribution in [-0.2, 0) is 11.2 Å². The Morgan fingerprint density at radius 1 is 1.43 bits per heavy atom. The first-order valence-electron chi connectivity index (χ1n) is 8.54. The van der Waals surface area contributed by atoms with Gasteiger partial charge in [-0.15, -0.1) is 11.8 Å². The van der Waals surface area contributed by atoms with Gasteiger partial charge in [0.1, 0.15) is 0 Å². The molecule has 1 atom stereocenters. The number of benzene rings is 1. The van der Waals surface area contributed by atoms with Crippen molar-refractivity contribution in [3.8, 4) is 0 Å². The predicted octanol–water partition coefficient (Wildman–Crippen LogP) is 2.50. The predicted molar refractivity (Wildman–Crippen MR) is 96.1 cm³/mol. The van der Waals surface area contributed by atoms with Crippen LogP contribution in [0.3, 0.4) is 0 Å². The third kappa shape index (κ3) is 4.21. The lowest BCUT2D eigenvalue weighted by Gasteiger charge is -2.16. The van der Waals surface area contributed by atoms with E-state index in [4.69, 9.17) is 0 Å². The quantitative estimate of drug-likeness (QED) is 0.839. The van der Waals surface area contributed by atoms with Crippen molar-refractivity contribution in [2.45, 2.75) is 43.5 Å². The fraction of sp³-hybridized carbons (Fsp3) is 0.611. The summed E-state index contributed by atoms with van der Waals surface area (Å²) in [5, 5.41) is 13.8. The highest BCUT2D eigenvalue weighted by Crippen LogP contribution is 2.30. The van der Waals surface area contributed by atoms with Crippen molar-refractivity contribution in [2.24, 2.45) is 0 Å². The summed E-state index contributed by atoms with van der Waals surface area (Å²) in [6.45, 7) is 1.32. The molecule has 0 spiro atoms. The fourth-order valence-corrected chi connectivity index (χ4v) is 4.58. The zero-order chi connectivity index (χ0) is 16.2. The lowest BCUT2D eigenvalue weighted by atomic mass is 10.0. The molecule has 126 valence electrons. The first-order chi connectivity index (χ1) is 11.1. The Hall–Kier alpha value is -1.20. The molecule has 1 heterocycles. The Balaban J connectivity index is 1.45. The molecule has 1 aliphatic heterocycles. The van der Waals surface area contributed by atoms with Gasteiger partial charge in [0.2, 0.25) is 5.91 Å². The van der Waals surface area contributed by atoms with Crippen LogP contribution in [-0.4, -0.2) is 42.2 Å². The highest BCUT2D eigenvalue weighted by molar-refractivity contribution is 8.00. The summed E-state index contributed by atoms with van der Waals surface area (Å²) in [4.78, 5) is 14.1. The summed E-state index contributed by atoms with van der Waals surface area (Å²) in [6, 6.07) is 6.10. The van der Waals surface area contributed by atoms with E-state index in [1.54, 1.807) is 11.8 Å². The first kappa shape index (κ1) is 16.7. The SMILES string of the molecule is CN1CCc2cc(C(O)CNC(=O)CSC3CCCC3)ccc21. The molecule has 2 N–H and O–H groups in total. The Kier molecular flexibility index (Phi) is 5.49. The van der Waals surface area contributed by atoms with Crippen LogP contribution in [0.2, 0.25) is 0 Å². The van der Waals surface area contributed by atoms with Gasteiger partial charge in [0.15, 0.2) is 0 Å². The van der Waals surface area contributed by atoms with Crippen molar-refractivity contribution in [2.75, 3.05) is 30.8 Å². The molecule has 3 rings (SSSR count). The number of aliphatic hydroxyl groups excluding tert-OH is 1. The third-order valence-corrected chi connectivity index (χ3v) is 6.23. The number of fused-ring (bicyclic) bond motifs is 1. The van der Waals surface area contributed by atoms with Gasteiger partial charge in [0.25, 0.3) is 0 Å². The molecule has 5 heteroatoms. The number of carbonyl (C=O) groups excluding carboxylic acids is 1. The molecule has 1 fully saturated rings. The highest BCUT2D eigenvalue weighted by Gasteiger charge is 2.19. The number of carbonyl (C=O) groups is 1. The van der Waals surface area contributed by atoms with Gasteiger partial charge in [-0.3, -0.25) is 4.79 Å². The average molecular weight is 334 g/mol. The molecule has 1 amide bonds. The number of amides is 1. The van der Waals surface area contributed by atoms with Crippen LogP contribution in [0.1, 0.15) is 42.9 Å². The Morgan fingerprint density at radius 3 is 3.00 bits per heavy atom. The van der Waals surface area contributed by atoms with Crippen molar-refractivity contribution < 1.29 is 9.90 Å². The Labute approximate surface area is 142 Å². The number of likely N-dealkylation sites (N-methyl/N-ethyl adjacent to an activating group) is 1. The van der Waals surface area contributed by atoms with Gasteiger partial charge in [-0.1, -0.05) is 25.0 Å². The lowest BCUT2D eigenvalue weighted by molar-refractivity contribution is -0.119. The number of rotatable bonds is 6. The molecule has 1 aliphatic carbocycles. The first-order valence-corrected chi connectivity index (χ1v) is 9.58. The van der Waals surface area contributed by atoms with Crippen LogP contribution in [0.5, 0.6) is 0 Å². The van der Waals surface area contributed by atoms with E-state index in [1.807, 2.05) is 6.07 Å². The van der Waals surface area contributed by atoms with Crippen LogP contribution >= 0.6 is 11.8 Å². The largest absolute Gasteiger partial charge is 0.387 e. The second-order valence-electron chi connectivity index (χ2n) is 6.60. The maximum absolute atomic E-state index is 11.9. The van der Waals surface area contributed by atoms with Crippen molar-refractivity contribution in [3.05, 3.63) is 29.3 Å². The maximum Gasteiger partial charge on any atom is 0.230 e. The van der Waals surface area contributed by atoms with E-state index in [0.717, 1.165) is 18.5 Å². The van der Waals surface area contributed by atoms with Crippen LogP contribution in [0, 0.1) is 0 Å². The van der Waals surface area contributed by atoms with Gasteiger partial charge in [-0.2, -0.15) is 0 Å². The second-order valence-corrected chi connectivity index (χ2v) is 7.89. The zero-order valence-electron chi connectivity index (χ0n) is 13.8. The number of aliphatic hydroxyl groups is 1. The van der Waals surface area contributed by atoms with Crippen molar-refractivity contribution >= 4 is 23.4 Å². The monoisotopic (exact) mass is 334 g/mol. The van der Waals surface area contributed by atoms with E-state index in [2.05, 4.69) is 29.4 Å². The molecule has 1 aromatic rings. The van der Waals surface area contributed by atoms with E-state index in [-0.39, 0.29) is 5.91 Å². The van der Waals surface area contributed by atoms with Gasteiger partial charge < -0.3 is 15.3 Å². The van der Waals surface area contributed by atoms with E-state index in [0.29, 0.717) is 17.5 Å². The van der Waals surface area contributed by atoms with Gasteiger partial charge in [-0.05, 0) is 36.5 Å². The summed E-state index contributed by atoms with van der Waals surface area (Å²) < 4.78 is 0. The van der Waals surface area contributed by atoms with Gasteiger partial charge in [0.05, 0.1) is 11.9 Å². The molecular formula is C18H26N2O2S. The van der Waals surface area contributed by atoms with Gasteiger partial charge >= 0.3 is 0 Å². The molecule has 0 aromatic heterocycles. The standard InChI is InChI=1S/C18H26N2O2S/c1-20-9-8-13-10-14(6-7-16(13)20)17(21)11-19-18(22)12-23-15-4-2-3-5-15/h6-7,10,15,17,21H,2-5,8-9,11-12H2,1H3,(H,19,22). The minimum absolute atomic E-state index is 0.0295. The molecule has 23 heavy (non-hydrogen) atoms. The Bertz CT molecular complexity index is 558. The van der Waals surface area contributed by atoms with E-state index in [1.165, 1.54) is 36.9 Å². The summed E-state index contributed by atoms with van der Waals surface area (Å²) >= 11 is 1.76. The zero-order valence-corrected chi connectivity index (χ0v) is 14.6. The molecule has 1 unspecified atom stereocenters. The molecule has 4 nitrogen and oxygen atoms in total. The van der Waals surface area contributed by atoms with Crippen molar-refractivity contribution in [1.29, 1.82) is 0 Å². The maximum atomic E-state index is 11.9. The average Bonchev–Trinajstić information content (AvgIpc) is 3.20. The number of hydrogen-bond acceptors (Lipinski definition) is 4. The van der Waals surface area contributed by atoms with E-state index < -0.39 is 6.10 Å². The molecular weight excluding hydrogens is 308 g/mol. The second kappa shape index (κ2) is 7.58. The molecule has 0 radical (unpaired) electrons. The van der Waals surface area contributed by atoms with Crippen LogP contribution in [0.15, 0.2) is 18.2 Å². The number of nitrogens with zero attached hydrogens (tertiary/aromatic N) is 1. The minimum atomic E-state index is -0.633. The van der Waals surface area contributed by atoms with Crippen LogP contribution in [0.4, 0.5) is 5.69 Å². The topological polar surface area (TPSA) is 52.6 Å². The molecule has 0 saturated heterocycles. The van der Waals surface area contributed by atoms with Crippen molar-refractivity contribution in [1.82, 2.24) is 5.32 Å². The number of nitrogens with one attached hydrogen (secondary N) is 1. The van der Waals surface area contributed by atoms with E-state index in [9.17, 15) is 9.90 Å². The summed E-state index contributed by atoms with van der Waals surface area (Å²) in [5.74, 6) is 0.536. The number of hydrogen-bond donors (Lipinski definition) is 2. The van der Waals surface area contributed by atoms with Gasteiger partial charge in [0, 0.05) is 31.1 Å². The number of anilines is 1. The normalized spacial score (nSPS) is 19.0. The minimum Gasteiger partial charge on any atom is -0.387 e. The molecule has 1 saturated carbocycles. The molecule has 0 bridgehead atoms. The summed E-state index contributed by atoms with van der Waals surface area (Å²) in [7, 11) is 2.09. The van der Waals surface area contributed by atoms with Crippen LogP contribution < -0.4 is 10.2 Å².